The van der Waals surface area contributed by atoms with Gasteiger partial charge in [0, 0.05) is 24.8 Å². The second-order valence-electron chi connectivity index (χ2n) is 2.70. The van der Waals surface area contributed by atoms with Crippen molar-refractivity contribution in [2.45, 2.75) is 12.5 Å². The Morgan fingerprint density at radius 3 is 3.33 bits per heavy atom. The van der Waals surface area contributed by atoms with Crippen LogP contribution in [0.1, 0.15) is 6.42 Å². The average molecular weight is 164 g/mol. The van der Waals surface area contributed by atoms with Crippen LogP contribution in [0.15, 0.2) is 18.3 Å². The van der Waals surface area contributed by atoms with Crippen molar-refractivity contribution in [1.82, 2.24) is 4.98 Å². The number of aromatic nitrogens is 1. The monoisotopic (exact) mass is 164 g/mol. The molecule has 1 fully saturated rings. The number of nitrogens with zero attached hydrogens (tertiary/aromatic N) is 1. The minimum Gasteiger partial charge on any atom is -0.472 e. The molecule has 12 heavy (non-hydrogen) atoms. The minimum atomic E-state index is 0.180. The zero-order valence-electron chi connectivity index (χ0n) is 6.69. The number of pyridine rings is 1. The summed E-state index contributed by atoms with van der Waals surface area (Å²) in [5.74, 6) is 0.657. The minimum absolute atomic E-state index is 0.180. The fraction of sp³-hybridized carbons (Fsp3) is 0.444. The molecule has 1 aliphatic heterocycles. The first-order valence-corrected chi connectivity index (χ1v) is 4.01. The van der Waals surface area contributed by atoms with Crippen molar-refractivity contribution < 1.29 is 9.47 Å². The molecule has 0 aliphatic carbocycles. The quantitative estimate of drug-likeness (QED) is 0.654. The van der Waals surface area contributed by atoms with E-state index in [4.69, 9.17) is 9.47 Å². The van der Waals surface area contributed by atoms with E-state index in [-0.39, 0.29) is 6.10 Å². The second-order valence-corrected chi connectivity index (χ2v) is 2.70. The summed E-state index contributed by atoms with van der Waals surface area (Å²) in [7, 11) is 0. The summed E-state index contributed by atoms with van der Waals surface area (Å²) in [4.78, 5) is 4.01. The molecule has 0 N–H and O–H groups in total. The Morgan fingerprint density at radius 2 is 2.67 bits per heavy atom. The van der Waals surface area contributed by atoms with Crippen LogP contribution in [0.4, 0.5) is 0 Å². The van der Waals surface area contributed by atoms with E-state index in [1.165, 1.54) is 0 Å². The number of rotatable bonds is 2. The van der Waals surface area contributed by atoms with Crippen molar-refractivity contribution in [1.29, 1.82) is 0 Å². The highest BCUT2D eigenvalue weighted by molar-refractivity contribution is 5.08. The molecule has 0 aromatic carbocycles. The molecule has 3 heteroatoms. The fourth-order valence-corrected chi connectivity index (χ4v) is 1.15. The number of ether oxygens (including phenoxy) is 2. The summed E-state index contributed by atoms with van der Waals surface area (Å²) in [5.41, 5.74) is 0. The van der Waals surface area contributed by atoms with Crippen LogP contribution in [0.25, 0.3) is 0 Å². The normalized spacial score (nSPS) is 22.5. The average Bonchev–Trinajstić information content (AvgIpc) is 2.59. The number of hydrogen-bond acceptors (Lipinski definition) is 3. The zero-order valence-corrected chi connectivity index (χ0v) is 6.69. The van der Waals surface area contributed by atoms with E-state index >= 15 is 0 Å². The molecule has 1 unspecified atom stereocenters. The molecular formula is C9H10NO2. The van der Waals surface area contributed by atoms with Crippen LogP contribution < -0.4 is 4.74 Å². The zero-order chi connectivity index (χ0) is 8.23. The summed E-state index contributed by atoms with van der Waals surface area (Å²) in [6, 6.07) is 6.43. The lowest BCUT2D eigenvalue weighted by Gasteiger charge is -2.09. The molecule has 0 bridgehead atoms. The van der Waals surface area contributed by atoms with E-state index < -0.39 is 0 Å². The fourth-order valence-electron chi connectivity index (χ4n) is 1.15. The third kappa shape index (κ3) is 1.74. The first-order valence-electron chi connectivity index (χ1n) is 4.01. The van der Waals surface area contributed by atoms with Gasteiger partial charge >= 0.3 is 0 Å². The Hall–Kier alpha value is -1.09. The van der Waals surface area contributed by atoms with Gasteiger partial charge in [0.1, 0.15) is 6.10 Å². The Labute approximate surface area is 71.3 Å². The van der Waals surface area contributed by atoms with Crippen molar-refractivity contribution in [3.8, 4) is 5.88 Å². The molecule has 3 nitrogen and oxygen atoms in total. The van der Waals surface area contributed by atoms with Gasteiger partial charge in [-0.2, -0.15) is 0 Å². The third-order valence-electron chi connectivity index (χ3n) is 1.76. The molecule has 2 heterocycles. The van der Waals surface area contributed by atoms with Crippen LogP contribution in [-0.4, -0.2) is 24.3 Å². The van der Waals surface area contributed by atoms with Crippen molar-refractivity contribution >= 4 is 0 Å². The topological polar surface area (TPSA) is 31.4 Å². The van der Waals surface area contributed by atoms with Gasteiger partial charge in [-0.25, -0.2) is 4.98 Å². The van der Waals surface area contributed by atoms with E-state index in [9.17, 15) is 0 Å². The Morgan fingerprint density at radius 1 is 1.67 bits per heavy atom. The lowest BCUT2D eigenvalue weighted by Crippen LogP contribution is -2.16. The maximum atomic E-state index is 5.52. The van der Waals surface area contributed by atoms with Gasteiger partial charge < -0.3 is 9.47 Å². The standard InChI is InChI=1S/C9H10NO2/c1-2-5-10-9(3-1)12-8-4-6-11-7-8/h1,3,5,8H,4,6-7H2. The van der Waals surface area contributed by atoms with Gasteiger partial charge in [-0.3, -0.25) is 0 Å². The van der Waals surface area contributed by atoms with Crippen LogP contribution in [0.3, 0.4) is 0 Å². The van der Waals surface area contributed by atoms with E-state index in [1.807, 2.05) is 0 Å². The van der Waals surface area contributed by atoms with Crippen LogP contribution >= 0.6 is 0 Å². The van der Waals surface area contributed by atoms with Gasteiger partial charge in [-0.15, -0.1) is 0 Å². The predicted molar refractivity (Wildman–Crippen MR) is 42.9 cm³/mol. The van der Waals surface area contributed by atoms with E-state index in [1.54, 1.807) is 18.3 Å². The van der Waals surface area contributed by atoms with Crippen molar-refractivity contribution in [2.24, 2.45) is 0 Å². The van der Waals surface area contributed by atoms with Gasteiger partial charge in [-0.1, -0.05) is 0 Å². The van der Waals surface area contributed by atoms with Crippen molar-refractivity contribution in [2.75, 3.05) is 13.2 Å². The lowest BCUT2D eigenvalue weighted by molar-refractivity contribution is 0.138. The highest BCUT2D eigenvalue weighted by Crippen LogP contribution is 2.12. The SMILES string of the molecule is [c]1ccc(OC2CCOC2)nc1. The summed E-state index contributed by atoms with van der Waals surface area (Å²) in [5, 5.41) is 0. The lowest BCUT2D eigenvalue weighted by atomic mass is 10.3. The van der Waals surface area contributed by atoms with Crippen molar-refractivity contribution in [3.63, 3.8) is 0 Å². The van der Waals surface area contributed by atoms with Crippen LogP contribution in [0.5, 0.6) is 5.88 Å². The molecule has 1 atom stereocenters. The highest BCUT2D eigenvalue weighted by atomic mass is 16.5. The van der Waals surface area contributed by atoms with Crippen LogP contribution in [-0.2, 0) is 4.74 Å². The van der Waals surface area contributed by atoms with Gasteiger partial charge in [0.25, 0.3) is 0 Å². The largest absolute Gasteiger partial charge is 0.472 e. The van der Waals surface area contributed by atoms with Gasteiger partial charge in [0.05, 0.1) is 13.2 Å². The van der Waals surface area contributed by atoms with Crippen LogP contribution in [0, 0.1) is 6.07 Å². The predicted octanol–water partition coefficient (Wildman–Crippen LogP) is 1.05. The summed E-state index contributed by atoms with van der Waals surface area (Å²) in [6.45, 7) is 1.48. The molecule has 1 aromatic heterocycles. The molecule has 0 saturated carbocycles. The van der Waals surface area contributed by atoms with Crippen molar-refractivity contribution in [3.05, 3.63) is 24.4 Å². The molecule has 1 aromatic rings. The van der Waals surface area contributed by atoms with E-state index in [0.717, 1.165) is 13.0 Å². The molecule has 0 amide bonds. The van der Waals surface area contributed by atoms with Gasteiger partial charge in [-0.05, 0) is 6.07 Å². The molecular weight excluding hydrogens is 154 g/mol. The molecule has 0 spiro atoms. The van der Waals surface area contributed by atoms with Gasteiger partial charge in [0.2, 0.25) is 5.88 Å². The summed E-state index contributed by atoms with van der Waals surface area (Å²) in [6.07, 6.45) is 2.74. The molecule has 1 saturated heterocycles. The molecule has 63 valence electrons. The van der Waals surface area contributed by atoms with E-state index in [0.29, 0.717) is 12.5 Å². The molecule has 1 aliphatic rings. The maximum absolute atomic E-state index is 5.52. The van der Waals surface area contributed by atoms with E-state index in [2.05, 4.69) is 11.1 Å². The Bertz CT molecular complexity index is 232. The first kappa shape index (κ1) is 7.55. The third-order valence-corrected chi connectivity index (χ3v) is 1.76. The maximum Gasteiger partial charge on any atom is 0.213 e. The van der Waals surface area contributed by atoms with Crippen LogP contribution in [0.2, 0.25) is 0 Å². The molecule has 2 rings (SSSR count). The summed E-state index contributed by atoms with van der Waals surface area (Å²) >= 11 is 0. The number of hydrogen-bond donors (Lipinski definition) is 0. The first-order chi connectivity index (χ1) is 5.95. The Balaban J connectivity index is 1.94. The smallest absolute Gasteiger partial charge is 0.213 e. The highest BCUT2D eigenvalue weighted by Gasteiger charge is 2.17. The Kier molecular flexibility index (Phi) is 2.23. The van der Waals surface area contributed by atoms with Gasteiger partial charge in [0.15, 0.2) is 0 Å². The molecule has 1 radical (unpaired) electrons. The summed E-state index contributed by atoms with van der Waals surface area (Å²) < 4.78 is 10.7. The second kappa shape index (κ2) is 3.54.